The van der Waals surface area contributed by atoms with Crippen molar-refractivity contribution >= 4 is 29.2 Å². The van der Waals surface area contributed by atoms with Gasteiger partial charge in [0.05, 0.1) is 19.3 Å². The maximum absolute atomic E-state index is 11.5. The predicted molar refractivity (Wildman–Crippen MR) is 121 cm³/mol. The van der Waals surface area contributed by atoms with E-state index >= 15 is 0 Å². The third kappa shape index (κ3) is 4.33. The van der Waals surface area contributed by atoms with Gasteiger partial charge in [-0.05, 0) is 90.0 Å². The van der Waals surface area contributed by atoms with Crippen LogP contribution in [0.25, 0.3) is 11.1 Å². The number of hydrogen-bond donors (Lipinski definition) is 0. The topological polar surface area (TPSA) is 35.5 Å². The number of fused-ring (bicyclic) bond motifs is 3. The summed E-state index contributed by atoms with van der Waals surface area (Å²) in [7, 11) is 1.37. The van der Waals surface area contributed by atoms with Crippen molar-refractivity contribution in [2.45, 2.75) is 25.2 Å². The molecule has 0 bridgehead atoms. The Morgan fingerprint density at radius 1 is 0.867 bits per heavy atom. The highest BCUT2D eigenvalue weighted by Gasteiger charge is 2.28. The van der Waals surface area contributed by atoms with E-state index in [0.717, 1.165) is 35.1 Å². The SMILES string of the molecule is COC(=O)c1ccc(OCCCCC2c3cc(Cl)ccc3-c3ccc(Cl)cc32)cc1. The lowest BCUT2D eigenvalue weighted by Crippen LogP contribution is -2.02. The predicted octanol–water partition coefficient (Wildman–Crippen LogP) is 7.14. The van der Waals surface area contributed by atoms with Crippen LogP contribution in [0.4, 0.5) is 0 Å². The fraction of sp³-hybridized carbons (Fsp3) is 0.240. The van der Waals surface area contributed by atoms with Gasteiger partial charge in [0.1, 0.15) is 5.75 Å². The lowest BCUT2D eigenvalue weighted by atomic mass is 9.91. The second-order valence-corrected chi connectivity index (χ2v) is 8.25. The van der Waals surface area contributed by atoms with Crippen LogP contribution in [0, 0.1) is 0 Å². The third-order valence-electron chi connectivity index (χ3n) is 5.50. The highest BCUT2D eigenvalue weighted by Crippen LogP contribution is 2.48. The van der Waals surface area contributed by atoms with Gasteiger partial charge in [0.25, 0.3) is 0 Å². The number of ether oxygens (including phenoxy) is 2. The van der Waals surface area contributed by atoms with Gasteiger partial charge in [-0.2, -0.15) is 0 Å². The van der Waals surface area contributed by atoms with E-state index in [0.29, 0.717) is 18.1 Å². The van der Waals surface area contributed by atoms with Crippen LogP contribution in [0.15, 0.2) is 60.7 Å². The van der Waals surface area contributed by atoms with E-state index in [4.69, 9.17) is 32.7 Å². The second-order valence-electron chi connectivity index (χ2n) is 7.38. The van der Waals surface area contributed by atoms with E-state index in [1.54, 1.807) is 24.3 Å². The number of halogens is 2. The van der Waals surface area contributed by atoms with Gasteiger partial charge in [0.2, 0.25) is 0 Å². The van der Waals surface area contributed by atoms with Crippen LogP contribution in [0.5, 0.6) is 5.75 Å². The zero-order valence-electron chi connectivity index (χ0n) is 16.7. The molecule has 3 aromatic rings. The molecule has 1 aliphatic rings. The molecule has 0 fully saturated rings. The molecule has 5 heteroatoms. The molecular weight excluding hydrogens is 419 g/mol. The van der Waals surface area contributed by atoms with Crippen LogP contribution in [0.3, 0.4) is 0 Å². The minimum absolute atomic E-state index is 0.298. The molecule has 30 heavy (non-hydrogen) atoms. The highest BCUT2D eigenvalue weighted by molar-refractivity contribution is 6.31. The van der Waals surface area contributed by atoms with E-state index in [9.17, 15) is 4.79 Å². The molecule has 0 spiro atoms. The molecule has 4 rings (SSSR count). The van der Waals surface area contributed by atoms with Gasteiger partial charge in [-0.15, -0.1) is 0 Å². The van der Waals surface area contributed by atoms with Crippen LogP contribution in [0.2, 0.25) is 10.0 Å². The summed E-state index contributed by atoms with van der Waals surface area (Å²) in [5, 5.41) is 1.52. The molecule has 0 radical (unpaired) electrons. The number of carbonyl (C=O) groups excluding carboxylic acids is 1. The number of benzene rings is 3. The second kappa shape index (κ2) is 9.11. The van der Waals surface area contributed by atoms with Gasteiger partial charge in [-0.1, -0.05) is 35.3 Å². The molecule has 0 saturated heterocycles. The maximum atomic E-state index is 11.5. The molecule has 0 aliphatic heterocycles. The van der Waals surface area contributed by atoms with Crippen LogP contribution < -0.4 is 4.74 Å². The molecular formula is C25H22Cl2O3. The summed E-state index contributed by atoms with van der Waals surface area (Å²) in [6.45, 7) is 0.620. The number of esters is 1. The molecule has 0 heterocycles. The minimum atomic E-state index is -0.348. The van der Waals surface area contributed by atoms with Crippen LogP contribution >= 0.6 is 23.2 Å². The van der Waals surface area contributed by atoms with Crippen molar-refractivity contribution in [2.75, 3.05) is 13.7 Å². The van der Waals surface area contributed by atoms with Gasteiger partial charge in [0, 0.05) is 16.0 Å². The smallest absolute Gasteiger partial charge is 0.337 e. The van der Waals surface area contributed by atoms with Crippen molar-refractivity contribution in [3.8, 4) is 16.9 Å². The largest absolute Gasteiger partial charge is 0.494 e. The highest BCUT2D eigenvalue weighted by atomic mass is 35.5. The molecule has 0 aromatic heterocycles. The van der Waals surface area contributed by atoms with Crippen LogP contribution in [0.1, 0.15) is 46.7 Å². The Bertz CT molecular complexity index is 1010. The summed E-state index contributed by atoms with van der Waals surface area (Å²) in [6, 6.07) is 19.3. The number of methoxy groups -OCH3 is 1. The van der Waals surface area contributed by atoms with Crippen molar-refractivity contribution in [1.29, 1.82) is 0 Å². The van der Waals surface area contributed by atoms with Gasteiger partial charge < -0.3 is 9.47 Å². The van der Waals surface area contributed by atoms with Crippen molar-refractivity contribution in [2.24, 2.45) is 0 Å². The fourth-order valence-electron chi connectivity index (χ4n) is 4.06. The molecule has 0 unspecified atom stereocenters. The Balaban J connectivity index is 1.36. The molecule has 3 nitrogen and oxygen atoms in total. The van der Waals surface area contributed by atoms with Gasteiger partial charge in [-0.3, -0.25) is 0 Å². The summed E-state index contributed by atoms with van der Waals surface area (Å²) in [6.07, 6.45) is 2.95. The van der Waals surface area contributed by atoms with E-state index in [1.807, 2.05) is 12.1 Å². The first-order chi connectivity index (χ1) is 14.6. The lowest BCUT2D eigenvalue weighted by molar-refractivity contribution is 0.0600. The first-order valence-corrected chi connectivity index (χ1v) is 10.7. The number of hydrogen-bond acceptors (Lipinski definition) is 3. The van der Waals surface area contributed by atoms with E-state index in [-0.39, 0.29) is 5.97 Å². The van der Waals surface area contributed by atoms with Crippen molar-refractivity contribution in [1.82, 2.24) is 0 Å². The normalized spacial score (nSPS) is 12.4. The monoisotopic (exact) mass is 440 g/mol. The van der Waals surface area contributed by atoms with E-state index in [1.165, 1.54) is 29.4 Å². The van der Waals surface area contributed by atoms with Crippen LogP contribution in [-0.2, 0) is 4.74 Å². The summed E-state index contributed by atoms with van der Waals surface area (Å²) in [5.41, 5.74) is 5.56. The molecule has 0 N–H and O–H groups in total. The average Bonchev–Trinajstić information content (AvgIpc) is 3.05. The Kier molecular flexibility index (Phi) is 6.31. The number of carbonyl (C=O) groups is 1. The fourth-order valence-corrected chi connectivity index (χ4v) is 4.42. The molecule has 154 valence electrons. The Morgan fingerprint density at radius 3 is 2.03 bits per heavy atom. The maximum Gasteiger partial charge on any atom is 0.337 e. The molecule has 1 aliphatic carbocycles. The van der Waals surface area contributed by atoms with E-state index < -0.39 is 0 Å². The van der Waals surface area contributed by atoms with Crippen molar-refractivity contribution < 1.29 is 14.3 Å². The minimum Gasteiger partial charge on any atom is -0.494 e. The summed E-state index contributed by atoms with van der Waals surface area (Å²) >= 11 is 12.6. The lowest BCUT2D eigenvalue weighted by Gasteiger charge is -2.14. The van der Waals surface area contributed by atoms with Crippen LogP contribution in [-0.4, -0.2) is 19.7 Å². The average molecular weight is 441 g/mol. The Labute approximate surface area is 186 Å². The first-order valence-electron chi connectivity index (χ1n) is 9.97. The van der Waals surface area contributed by atoms with Gasteiger partial charge >= 0.3 is 5.97 Å². The Hall–Kier alpha value is -2.49. The Morgan fingerprint density at radius 2 is 1.47 bits per heavy atom. The first kappa shape index (κ1) is 20.8. The van der Waals surface area contributed by atoms with Crippen molar-refractivity contribution in [3.05, 3.63) is 87.4 Å². The number of rotatable bonds is 7. The van der Waals surface area contributed by atoms with Gasteiger partial charge in [0.15, 0.2) is 0 Å². The standard InChI is InChI=1S/C25H22Cl2O3/c1-29-25(28)16-5-9-19(10-6-16)30-13-3-2-4-20-23-14-17(26)7-11-21(23)22-12-8-18(27)15-24(20)22/h5-12,14-15,20H,2-4,13H2,1H3. The molecule has 0 saturated carbocycles. The number of unbranched alkanes of at least 4 members (excludes halogenated alkanes) is 1. The summed E-state index contributed by atoms with van der Waals surface area (Å²) in [4.78, 5) is 11.5. The molecule has 3 aromatic carbocycles. The molecule has 0 amide bonds. The van der Waals surface area contributed by atoms with Crippen molar-refractivity contribution in [3.63, 3.8) is 0 Å². The quantitative estimate of drug-likeness (QED) is 0.289. The zero-order valence-corrected chi connectivity index (χ0v) is 18.2. The third-order valence-corrected chi connectivity index (χ3v) is 5.97. The van der Waals surface area contributed by atoms with E-state index in [2.05, 4.69) is 24.3 Å². The molecule has 0 atom stereocenters. The zero-order chi connectivity index (χ0) is 21.1. The summed E-state index contributed by atoms with van der Waals surface area (Å²) < 4.78 is 10.5. The summed E-state index contributed by atoms with van der Waals surface area (Å²) in [5.74, 6) is 0.698. The van der Waals surface area contributed by atoms with Gasteiger partial charge in [-0.25, -0.2) is 4.79 Å².